The summed E-state index contributed by atoms with van der Waals surface area (Å²) in [4.78, 5) is 25.3. The molecule has 8 nitrogen and oxygen atoms in total. The second kappa shape index (κ2) is 7.72. The van der Waals surface area contributed by atoms with Crippen LogP contribution in [0, 0.1) is 6.92 Å². The van der Waals surface area contributed by atoms with E-state index in [0.29, 0.717) is 34.2 Å². The highest BCUT2D eigenvalue weighted by Crippen LogP contribution is 2.26. The second-order valence-electron chi connectivity index (χ2n) is 6.79. The maximum absolute atomic E-state index is 13.2. The van der Waals surface area contributed by atoms with Gasteiger partial charge in [-0.25, -0.2) is 4.79 Å². The van der Waals surface area contributed by atoms with Gasteiger partial charge in [-0.3, -0.25) is 9.48 Å². The van der Waals surface area contributed by atoms with E-state index in [9.17, 15) is 9.59 Å². The third kappa shape index (κ3) is 3.46. The van der Waals surface area contributed by atoms with E-state index in [0.717, 1.165) is 11.1 Å². The molecule has 0 saturated heterocycles. The standard InChI is InChI=1S/C21H19ClN4O4/c1-12-18(19(21(28)29-3)25(2)24-12)23-20(27)16-10-17-15(8-9-30-17)26(16)11-13-4-6-14(22)7-5-13/h4-10H,11H2,1-3H3,(H,23,27). The molecule has 0 radical (unpaired) electrons. The second-order valence-corrected chi connectivity index (χ2v) is 7.23. The Balaban J connectivity index is 1.72. The van der Waals surface area contributed by atoms with Gasteiger partial charge in [0.2, 0.25) is 0 Å². The van der Waals surface area contributed by atoms with Crippen LogP contribution in [0.4, 0.5) is 5.69 Å². The summed E-state index contributed by atoms with van der Waals surface area (Å²) in [7, 11) is 2.90. The van der Waals surface area contributed by atoms with Crippen LogP contribution < -0.4 is 5.32 Å². The lowest BCUT2D eigenvalue weighted by Gasteiger charge is -2.11. The number of fused-ring (bicyclic) bond motifs is 1. The predicted octanol–water partition coefficient (Wildman–Crippen LogP) is 4.02. The number of anilines is 1. The summed E-state index contributed by atoms with van der Waals surface area (Å²) in [5.41, 5.74) is 3.72. The third-order valence-corrected chi connectivity index (χ3v) is 5.10. The normalized spacial score (nSPS) is 11.1. The monoisotopic (exact) mass is 426 g/mol. The van der Waals surface area contributed by atoms with Gasteiger partial charge in [0.15, 0.2) is 11.3 Å². The van der Waals surface area contributed by atoms with Gasteiger partial charge in [-0.1, -0.05) is 23.7 Å². The Morgan fingerprint density at radius 2 is 1.97 bits per heavy atom. The molecule has 0 spiro atoms. The molecule has 4 aromatic rings. The van der Waals surface area contributed by atoms with Crippen LogP contribution in [0.2, 0.25) is 5.02 Å². The first-order valence-electron chi connectivity index (χ1n) is 9.13. The topological polar surface area (TPSA) is 91.3 Å². The van der Waals surface area contributed by atoms with Gasteiger partial charge in [-0.15, -0.1) is 0 Å². The number of aryl methyl sites for hydroxylation is 2. The fourth-order valence-corrected chi connectivity index (χ4v) is 3.55. The van der Waals surface area contributed by atoms with Gasteiger partial charge in [0, 0.05) is 30.7 Å². The van der Waals surface area contributed by atoms with Crippen LogP contribution in [0.15, 0.2) is 47.1 Å². The van der Waals surface area contributed by atoms with Crippen molar-refractivity contribution >= 4 is 40.3 Å². The third-order valence-electron chi connectivity index (χ3n) is 4.85. The van der Waals surface area contributed by atoms with E-state index in [1.54, 1.807) is 44.5 Å². The summed E-state index contributed by atoms with van der Waals surface area (Å²) in [5, 5.41) is 7.67. The summed E-state index contributed by atoms with van der Waals surface area (Å²) >= 11 is 5.98. The molecule has 3 heterocycles. The van der Waals surface area contributed by atoms with Crippen molar-refractivity contribution in [1.82, 2.24) is 14.3 Å². The molecule has 0 aliphatic rings. The van der Waals surface area contributed by atoms with E-state index >= 15 is 0 Å². The SMILES string of the molecule is COC(=O)c1c(NC(=O)c2cc3occc3n2Cc2ccc(Cl)cc2)c(C)nn1C. The molecule has 154 valence electrons. The number of carbonyl (C=O) groups excluding carboxylic acids is 2. The Morgan fingerprint density at radius 3 is 2.67 bits per heavy atom. The summed E-state index contributed by atoms with van der Waals surface area (Å²) in [5.74, 6) is -0.977. The molecule has 0 saturated carbocycles. The number of nitrogens with zero attached hydrogens (tertiary/aromatic N) is 3. The van der Waals surface area contributed by atoms with E-state index in [1.807, 2.05) is 16.7 Å². The number of nitrogens with one attached hydrogen (secondary N) is 1. The fourth-order valence-electron chi connectivity index (χ4n) is 3.42. The fraction of sp³-hybridized carbons (Fsp3) is 0.190. The first-order valence-corrected chi connectivity index (χ1v) is 9.51. The van der Waals surface area contributed by atoms with Crippen molar-refractivity contribution in [2.75, 3.05) is 12.4 Å². The number of methoxy groups -OCH3 is 1. The van der Waals surface area contributed by atoms with Crippen molar-refractivity contribution in [2.45, 2.75) is 13.5 Å². The van der Waals surface area contributed by atoms with Gasteiger partial charge in [0.25, 0.3) is 5.91 Å². The number of hydrogen-bond donors (Lipinski definition) is 1. The number of furan rings is 1. The highest BCUT2D eigenvalue weighted by Gasteiger charge is 2.25. The van der Waals surface area contributed by atoms with E-state index in [-0.39, 0.29) is 5.69 Å². The number of amides is 1. The number of carbonyl (C=O) groups is 2. The van der Waals surface area contributed by atoms with Crippen LogP contribution in [0.3, 0.4) is 0 Å². The average Bonchev–Trinajstić information content (AvgIpc) is 3.38. The van der Waals surface area contributed by atoms with Crippen molar-refractivity contribution in [3.05, 3.63) is 70.3 Å². The lowest BCUT2D eigenvalue weighted by Crippen LogP contribution is -2.20. The van der Waals surface area contributed by atoms with Crippen LogP contribution >= 0.6 is 11.6 Å². The minimum absolute atomic E-state index is 0.169. The number of aromatic nitrogens is 3. The van der Waals surface area contributed by atoms with Gasteiger partial charge in [0.05, 0.1) is 30.3 Å². The maximum atomic E-state index is 13.2. The number of esters is 1. The highest BCUT2D eigenvalue weighted by atomic mass is 35.5. The number of ether oxygens (including phenoxy) is 1. The first kappa shape index (κ1) is 19.8. The van der Waals surface area contributed by atoms with Crippen molar-refractivity contribution in [1.29, 1.82) is 0 Å². The molecule has 9 heteroatoms. The van der Waals surface area contributed by atoms with Crippen molar-refractivity contribution in [2.24, 2.45) is 7.05 Å². The summed E-state index contributed by atoms with van der Waals surface area (Å²) < 4.78 is 13.5. The lowest BCUT2D eigenvalue weighted by molar-refractivity contribution is 0.0589. The minimum atomic E-state index is -0.585. The Kier molecular flexibility index (Phi) is 5.09. The molecular formula is C21H19ClN4O4. The van der Waals surface area contributed by atoms with Gasteiger partial charge in [-0.2, -0.15) is 5.10 Å². The van der Waals surface area contributed by atoms with Crippen molar-refractivity contribution in [3.8, 4) is 0 Å². The van der Waals surface area contributed by atoms with Crippen molar-refractivity contribution < 1.29 is 18.7 Å². The average molecular weight is 427 g/mol. The molecule has 0 unspecified atom stereocenters. The van der Waals surface area contributed by atoms with Crippen LogP contribution in [0.1, 0.15) is 32.2 Å². The Hall–Kier alpha value is -3.52. The van der Waals surface area contributed by atoms with E-state index < -0.39 is 11.9 Å². The Bertz CT molecular complexity index is 1250. The minimum Gasteiger partial charge on any atom is -0.464 e. The largest absolute Gasteiger partial charge is 0.464 e. The molecule has 1 amide bonds. The van der Waals surface area contributed by atoms with E-state index in [2.05, 4.69) is 10.4 Å². The van der Waals surface area contributed by atoms with Gasteiger partial charge >= 0.3 is 5.97 Å². The molecule has 3 aromatic heterocycles. The molecule has 4 rings (SSSR count). The molecular weight excluding hydrogens is 408 g/mol. The number of benzene rings is 1. The molecule has 30 heavy (non-hydrogen) atoms. The molecule has 0 bridgehead atoms. The number of rotatable bonds is 5. The molecule has 1 N–H and O–H groups in total. The van der Waals surface area contributed by atoms with Crippen LogP contribution in [0.25, 0.3) is 11.1 Å². The highest BCUT2D eigenvalue weighted by molar-refractivity contribution is 6.30. The maximum Gasteiger partial charge on any atom is 0.358 e. The Labute approximate surface area is 177 Å². The number of halogens is 1. The lowest BCUT2D eigenvalue weighted by atomic mass is 10.2. The summed E-state index contributed by atoms with van der Waals surface area (Å²) in [6.07, 6.45) is 1.57. The smallest absolute Gasteiger partial charge is 0.358 e. The van der Waals surface area contributed by atoms with Gasteiger partial charge < -0.3 is 19.0 Å². The zero-order chi connectivity index (χ0) is 21.4. The number of hydrogen-bond acceptors (Lipinski definition) is 5. The van der Waals surface area contributed by atoms with E-state index in [1.165, 1.54) is 11.8 Å². The first-order chi connectivity index (χ1) is 14.4. The van der Waals surface area contributed by atoms with Crippen LogP contribution in [-0.4, -0.2) is 33.3 Å². The predicted molar refractivity (Wildman–Crippen MR) is 112 cm³/mol. The summed E-state index contributed by atoms with van der Waals surface area (Å²) in [6, 6.07) is 10.9. The molecule has 0 aliphatic carbocycles. The Morgan fingerprint density at radius 1 is 1.23 bits per heavy atom. The quantitative estimate of drug-likeness (QED) is 0.487. The zero-order valence-electron chi connectivity index (χ0n) is 16.6. The van der Waals surface area contributed by atoms with Gasteiger partial charge in [-0.05, 0) is 24.6 Å². The van der Waals surface area contributed by atoms with Crippen LogP contribution in [-0.2, 0) is 18.3 Å². The zero-order valence-corrected chi connectivity index (χ0v) is 17.4. The van der Waals surface area contributed by atoms with Crippen molar-refractivity contribution in [3.63, 3.8) is 0 Å². The summed E-state index contributed by atoms with van der Waals surface area (Å²) in [6.45, 7) is 2.15. The molecule has 0 aliphatic heterocycles. The van der Waals surface area contributed by atoms with Gasteiger partial charge in [0.1, 0.15) is 5.69 Å². The van der Waals surface area contributed by atoms with E-state index in [4.69, 9.17) is 20.8 Å². The molecule has 0 fully saturated rings. The van der Waals surface area contributed by atoms with Crippen LogP contribution in [0.5, 0.6) is 0 Å². The molecule has 0 atom stereocenters. The molecule has 1 aromatic carbocycles.